The minimum absolute atomic E-state index is 0.0556. The Bertz CT molecular complexity index is 2030. The van der Waals surface area contributed by atoms with Crippen molar-refractivity contribution in [3.63, 3.8) is 0 Å². The van der Waals surface area contributed by atoms with Gasteiger partial charge in [-0.15, -0.1) is 0 Å². The molecule has 0 saturated carbocycles. The van der Waals surface area contributed by atoms with Crippen LogP contribution in [-0.4, -0.2) is 30.4 Å². The topological polar surface area (TPSA) is 97.6 Å². The number of anilines is 3. The summed E-state index contributed by atoms with van der Waals surface area (Å²) in [7, 11) is 0. The molecular weight excluding hydrogens is 450 g/mol. The highest BCUT2D eigenvalue weighted by Gasteiger charge is 2.12. The van der Waals surface area contributed by atoms with E-state index in [2.05, 4.69) is 30.6 Å². The first-order valence-corrected chi connectivity index (χ1v) is 10.7. The first-order valence-electron chi connectivity index (χ1n) is 15.7. The van der Waals surface area contributed by atoms with Crippen molar-refractivity contribution in [1.82, 2.24) is 24.5 Å². The summed E-state index contributed by atoms with van der Waals surface area (Å²) >= 11 is 0. The Kier molecular flexibility index (Phi) is 3.78. The van der Waals surface area contributed by atoms with Crippen molar-refractivity contribution in [3.8, 4) is 16.9 Å². The highest BCUT2D eigenvalue weighted by atomic mass is 16.1. The predicted octanol–water partition coefficient (Wildman–Crippen LogP) is 5.65. The largest absolute Gasteiger partial charge is 0.324 e. The fourth-order valence-electron chi connectivity index (χ4n) is 3.38. The number of imidazole rings is 1. The van der Waals surface area contributed by atoms with Crippen LogP contribution in [0.4, 0.5) is 17.3 Å². The van der Waals surface area contributed by atoms with Crippen LogP contribution in [0.1, 0.15) is 40.9 Å². The highest BCUT2D eigenvalue weighted by molar-refractivity contribution is 6.05. The summed E-state index contributed by atoms with van der Waals surface area (Å²) in [4.78, 5) is 29.7. The number of nitrogens with one attached hydrogen (secondary N) is 2. The highest BCUT2D eigenvalue weighted by Crippen LogP contribution is 2.24. The number of aromatic nitrogens is 5. The molecule has 1 amide bonds. The van der Waals surface area contributed by atoms with Crippen LogP contribution in [0.15, 0.2) is 85.5 Å². The summed E-state index contributed by atoms with van der Waals surface area (Å²) in [5.74, 6) is -1.25. The van der Waals surface area contributed by atoms with Gasteiger partial charge in [-0.3, -0.25) is 9.78 Å². The van der Waals surface area contributed by atoms with E-state index in [1.165, 1.54) is 12.3 Å². The molecule has 8 heteroatoms. The van der Waals surface area contributed by atoms with Crippen molar-refractivity contribution < 1.29 is 18.5 Å². The van der Waals surface area contributed by atoms with Gasteiger partial charge >= 0.3 is 0 Å². The van der Waals surface area contributed by atoms with E-state index in [0.717, 1.165) is 11.3 Å². The first kappa shape index (κ1) is 13.9. The average Bonchev–Trinajstić information content (AvgIpc) is 3.40. The van der Waals surface area contributed by atoms with Gasteiger partial charge in [-0.2, -0.15) is 0 Å². The molecule has 5 aromatic rings. The number of carbonyl (C=O) groups excluding carboxylic acids is 1. The summed E-state index contributed by atoms with van der Waals surface area (Å²) in [5, 5.41) is 5.25. The van der Waals surface area contributed by atoms with E-state index >= 15 is 0 Å². The van der Waals surface area contributed by atoms with Crippen LogP contribution in [0, 0.1) is 20.7 Å². The molecule has 0 saturated heterocycles. The molecule has 0 aliphatic carbocycles. The molecular formula is C28H25N7O. The molecule has 0 bridgehead atoms. The zero-order valence-corrected chi connectivity index (χ0v) is 19.2. The number of pyridine rings is 1. The van der Waals surface area contributed by atoms with Gasteiger partial charge in [0.25, 0.3) is 5.91 Å². The van der Waals surface area contributed by atoms with Crippen LogP contribution in [-0.2, 0) is 0 Å². The average molecular weight is 486 g/mol. The molecule has 3 heterocycles. The van der Waals surface area contributed by atoms with Gasteiger partial charge in [0.15, 0.2) is 0 Å². The number of hydrogen-bond donors (Lipinski definition) is 2. The molecule has 2 N–H and O–H groups in total. The fraction of sp³-hybridized carbons (Fsp3) is 0.107. The Morgan fingerprint density at radius 2 is 2.06 bits per heavy atom. The summed E-state index contributed by atoms with van der Waals surface area (Å²) in [5.41, 5.74) is 0.530. The van der Waals surface area contributed by atoms with E-state index in [0.29, 0.717) is 11.4 Å². The zero-order valence-electron chi connectivity index (χ0n) is 29.2. The lowest BCUT2D eigenvalue weighted by molar-refractivity contribution is 0.102. The van der Waals surface area contributed by atoms with Gasteiger partial charge in [0.2, 0.25) is 5.95 Å². The van der Waals surface area contributed by atoms with Crippen molar-refractivity contribution in [2.24, 2.45) is 0 Å². The van der Waals surface area contributed by atoms with Crippen LogP contribution in [0.2, 0.25) is 0 Å². The van der Waals surface area contributed by atoms with Crippen LogP contribution in [0.3, 0.4) is 0 Å². The Hall–Kier alpha value is -4.85. The number of carbonyl (C=O) groups is 1. The van der Waals surface area contributed by atoms with Crippen LogP contribution in [0.5, 0.6) is 0 Å². The number of amides is 1. The van der Waals surface area contributed by atoms with Crippen molar-refractivity contribution in [2.45, 2.75) is 20.7 Å². The lowest BCUT2D eigenvalue weighted by atomic mass is 10.1. The lowest BCUT2D eigenvalue weighted by Gasteiger charge is -2.13. The maximum absolute atomic E-state index is 13.6. The fourth-order valence-corrected chi connectivity index (χ4v) is 3.38. The molecule has 0 aliphatic heterocycles. The molecule has 0 fully saturated rings. The number of benzene rings is 2. The van der Waals surface area contributed by atoms with E-state index in [1.807, 2.05) is 19.9 Å². The van der Waals surface area contributed by atoms with Gasteiger partial charge in [0.1, 0.15) is 0 Å². The Labute approximate surface area is 223 Å². The van der Waals surface area contributed by atoms with Crippen LogP contribution >= 0.6 is 0 Å². The van der Waals surface area contributed by atoms with Gasteiger partial charge < -0.3 is 15.2 Å². The predicted molar refractivity (Wildman–Crippen MR) is 141 cm³/mol. The Morgan fingerprint density at radius 3 is 2.89 bits per heavy atom. The number of nitrogens with zero attached hydrogens (tertiary/aromatic N) is 5. The normalized spacial score (nSPS) is 15.1. The minimum atomic E-state index is -3.00. The van der Waals surface area contributed by atoms with E-state index in [9.17, 15) is 4.79 Å². The molecule has 0 spiro atoms. The molecule has 5 rings (SSSR count). The molecule has 178 valence electrons. The Morgan fingerprint density at radius 1 is 1.14 bits per heavy atom. The zero-order chi connectivity index (χ0) is 33.7. The summed E-state index contributed by atoms with van der Waals surface area (Å²) in [6.45, 7) is 0.643. The van der Waals surface area contributed by atoms with Crippen LogP contribution < -0.4 is 10.6 Å². The van der Waals surface area contributed by atoms with Gasteiger partial charge in [-0.25, -0.2) is 15.0 Å². The van der Waals surface area contributed by atoms with Gasteiger partial charge in [-0.05, 0) is 80.3 Å². The number of hydrogen-bond acceptors (Lipinski definition) is 6. The quantitative estimate of drug-likeness (QED) is 0.323. The summed E-state index contributed by atoms with van der Waals surface area (Å²) < 4.78 is 83.6. The van der Waals surface area contributed by atoms with E-state index in [1.54, 1.807) is 29.2 Å². The third-order valence-corrected chi connectivity index (χ3v) is 4.98. The lowest BCUT2D eigenvalue weighted by Crippen LogP contribution is -2.13. The molecule has 0 radical (unpaired) electrons. The standard InChI is InChI=1S/C28H25N7O/c1-18-11-23(14-24(12-18)35-16-20(3)31-17-35)32-27(36)21-7-6-19(2)26(13-21)34-28-30-10-8-25(33-28)22-5-4-9-29-15-22/h4-17H,1-3H3,(H,32,36)(H,30,33,34)/i2D3,4D,5D,6D,7D,9D,13D,15D. The summed E-state index contributed by atoms with van der Waals surface area (Å²) in [6.07, 6.45) is 3.56. The molecule has 8 nitrogen and oxygen atoms in total. The van der Waals surface area contributed by atoms with Crippen molar-refractivity contribution in [2.75, 3.05) is 10.6 Å². The van der Waals surface area contributed by atoms with Crippen molar-refractivity contribution in [1.29, 1.82) is 0 Å². The maximum atomic E-state index is 13.6. The molecule has 0 aliphatic rings. The van der Waals surface area contributed by atoms with Crippen LogP contribution in [0.25, 0.3) is 16.9 Å². The monoisotopic (exact) mass is 485 g/mol. The molecule has 0 unspecified atom stereocenters. The molecule has 3 aromatic heterocycles. The smallest absolute Gasteiger partial charge is 0.255 e. The first-order chi connectivity index (χ1) is 21.6. The van der Waals surface area contributed by atoms with Gasteiger partial charge in [0.05, 0.1) is 27.3 Å². The number of rotatable bonds is 6. The molecule has 2 aromatic carbocycles. The van der Waals surface area contributed by atoms with Gasteiger partial charge in [-0.1, -0.05) is 6.04 Å². The third-order valence-electron chi connectivity index (χ3n) is 4.98. The minimum Gasteiger partial charge on any atom is -0.324 e. The second kappa shape index (κ2) is 9.79. The SMILES string of the molecule is [2H]c1nc([2H])c(-c2ccnc(Nc3c([2H])c(C(=O)Nc4cc(C)cc(-n5cnc(C)c5)c4)c([2H])c([2H])c3C([2H])([2H])[2H])n2)c([2H])c1[2H]. The molecule has 0 atom stereocenters. The maximum Gasteiger partial charge on any atom is 0.255 e. The van der Waals surface area contributed by atoms with Crippen molar-refractivity contribution >= 4 is 23.2 Å². The van der Waals surface area contributed by atoms with E-state index < -0.39 is 72.1 Å². The van der Waals surface area contributed by atoms with E-state index in [-0.39, 0.29) is 17.2 Å². The van der Waals surface area contributed by atoms with Crippen molar-refractivity contribution in [3.05, 3.63) is 108 Å². The third kappa shape index (κ3) is 5.12. The number of aryl methyl sites for hydroxylation is 2. The van der Waals surface area contributed by atoms with Gasteiger partial charge in [0, 0.05) is 57.0 Å². The second-order valence-electron chi connectivity index (χ2n) is 7.78. The summed E-state index contributed by atoms with van der Waals surface area (Å²) in [6, 6.07) is 3.21. The Balaban J connectivity index is 1.59. The van der Waals surface area contributed by atoms with E-state index in [4.69, 9.17) is 13.7 Å². The second-order valence-corrected chi connectivity index (χ2v) is 7.78. The molecule has 36 heavy (non-hydrogen) atoms.